The minimum atomic E-state index is -2.09. The van der Waals surface area contributed by atoms with Gasteiger partial charge in [-0.3, -0.25) is 28.9 Å². The van der Waals surface area contributed by atoms with Crippen molar-refractivity contribution < 1.29 is 48.0 Å². The van der Waals surface area contributed by atoms with Crippen molar-refractivity contribution in [3.05, 3.63) is 65.5 Å². The van der Waals surface area contributed by atoms with Crippen molar-refractivity contribution in [3.63, 3.8) is 0 Å². The topological polar surface area (TPSA) is 151 Å². The van der Waals surface area contributed by atoms with Crippen molar-refractivity contribution >= 4 is 64.6 Å². The Balaban J connectivity index is 1.41. The number of aromatic hydroxyl groups is 1. The van der Waals surface area contributed by atoms with E-state index in [1.165, 1.54) is 43.4 Å². The number of amides is 4. The molecule has 2 aromatic rings. The Bertz CT molecular complexity index is 1810. The number of carbonyl (C=O) groups is 5. The number of nitrogens with zero attached hydrogens (tertiary/aromatic N) is 2. The quantitative estimate of drug-likeness (QED) is 0.136. The predicted molar refractivity (Wildman–Crippen MR) is 180 cm³/mol. The first kappa shape index (κ1) is 35.4. The van der Waals surface area contributed by atoms with Gasteiger partial charge in [-0.2, -0.15) is 0 Å². The summed E-state index contributed by atoms with van der Waals surface area (Å²) in [6.45, 7) is 0.126. The maximum atomic E-state index is 14.4. The number of hydrogen-bond acceptors (Lipinski definition) is 8. The Kier molecular flexibility index (Phi) is 9.47. The van der Waals surface area contributed by atoms with Crippen molar-refractivity contribution in [1.29, 1.82) is 0 Å². The SMILES string of the molecule is COc1cc(C=CC2C3=CCC4C(=O)N(CCCCCC(=O)O)C(=O)C4C3CC3(Cl)C(=O)N(c4ccc(F)cc4)C(=O)C23Cl)cc(OC)c1O. The second-order valence-corrected chi connectivity index (χ2v) is 14.2. The molecule has 3 fully saturated rings. The lowest BCUT2D eigenvalue weighted by atomic mass is 9.57. The van der Waals surface area contributed by atoms with Crippen LogP contribution in [0.2, 0.25) is 0 Å². The van der Waals surface area contributed by atoms with Crippen LogP contribution in [0.3, 0.4) is 0 Å². The summed E-state index contributed by atoms with van der Waals surface area (Å²) < 4.78 is 24.4. The number of rotatable bonds is 11. The summed E-state index contributed by atoms with van der Waals surface area (Å²) in [4.78, 5) is 65.1. The first-order chi connectivity index (χ1) is 23.8. The molecular formula is C36H35Cl2FN2O9. The van der Waals surface area contributed by atoms with E-state index >= 15 is 0 Å². The summed E-state index contributed by atoms with van der Waals surface area (Å²) in [5.74, 6) is -7.28. The van der Waals surface area contributed by atoms with Crippen LogP contribution in [0.5, 0.6) is 17.2 Å². The number of methoxy groups -OCH3 is 2. The second kappa shape index (κ2) is 13.4. The highest BCUT2D eigenvalue weighted by atomic mass is 35.5. The van der Waals surface area contributed by atoms with Crippen LogP contribution in [0.4, 0.5) is 10.1 Å². The molecule has 2 heterocycles. The Hall–Kier alpha value is -4.42. The zero-order valence-electron chi connectivity index (χ0n) is 27.2. The van der Waals surface area contributed by atoms with Gasteiger partial charge in [0.25, 0.3) is 11.8 Å². The van der Waals surface area contributed by atoms with Crippen molar-refractivity contribution in [2.24, 2.45) is 23.7 Å². The van der Waals surface area contributed by atoms with Crippen LogP contribution >= 0.6 is 23.2 Å². The van der Waals surface area contributed by atoms with Crippen LogP contribution in [0, 0.1) is 29.5 Å². The van der Waals surface area contributed by atoms with E-state index in [2.05, 4.69) is 0 Å². The number of hydrogen-bond donors (Lipinski definition) is 2. The number of aliphatic carboxylic acids is 1. The van der Waals surface area contributed by atoms with Crippen LogP contribution < -0.4 is 14.4 Å². The van der Waals surface area contributed by atoms with Gasteiger partial charge in [-0.15, -0.1) is 23.2 Å². The summed E-state index contributed by atoms with van der Waals surface area (Å²) in [6.07, 6.45) is 6.36. The largest absolute Gasteiger partial charge is 0.502 e. The average molecular weight is 730 g/mol. The zero-order valence-corrected chi connectivity index (χ0v) is 28.7. The molecule has 4 amide bonds. The highest BCUT2D eigenvalue weighted by molar-refractivity contribution is 6.58. The first-order valence-corrected chi connectivity index (χ1v) is 17.0. The molecule has 2 aromatic carbocycles. The molecule has 1 saturated carbocycles. The van der Waals surface area contributed by atoms with E-state index in [1.807, 2.05) is 0 Å². The number of anilines is 1. The molecular weight excluding hydrogens is 694 g/mol. The van der Waals surface area contributed by atoms with Crippen molar-refractivity contribution in [3.8, 4) is 17.2 Å². The van der Waals surface area contributed by atoms with E-state index in [-0.39, 0.29) is 54.7 Å². The summed E-state index contributed by atoms with van der Waals surface area (Å²) in [5.41, 5.74) is 1.14. The van der Waals surface area contributed by atoms with Crippen LogP contribution in [0.1, 0.15) is 44.1 Å². The average Bonchev–Trinajstić information content (AvgIpc) is 3.42. The third-order valence-electron chi connectivity index (χ3n) is 10.3. The predicted octanol–water partition coefficient (Wildman–Crippen LogP) is 5.30. The maximum Gasteiger partial charge on any atom is 0.303 e. The van der Waals surface area contributed by atoms with Gasteiger partial charge < -0.3 is 19.7 Å². The first-order valence-electron chi connectivity index (χ1n) is 16.2. The summed E-state index contributed by atoms with van der Waals surface area (Å²) in [5, 5.41) is 19.4. The van der Waals surface area contributed by atoms with E-state index in [4.69, 9.17) is 37.8 Å². The Labute approximate surface area is 297 Å². The Morgan fingerprint density at radius 2 is 1.64 bits per heavy atom. The minimum Gasteiger partial charge on any atom is -0.502 e. The molecule has 4 aliphatic rings. The maximum absolute atomic E-state index is 14.4. The smallest absolute Gasteiger partial charge is 0.303 e. The zero-order chi connectivity index (χ0) is 36.1. The second-order valence-electron chi connectivity index (χ2n) is 13.0. The molecule has 50 heavy (non-hydrogen) atoms. The molecule has 0 radical (unpaired) electrons. The number of allylic oxidation sites excluding steroid dienone is 3. The van der Waals surface area contributed by atoms with Gasteiger partial charge in [0.1, 0.15) is 5.82 Å². The van der Waals surface area contributed by atoms with Crippen LogP contribution in [0.25, 0.3) is 6.08 Å². The van der Waals surface area contributed by atoms with Gasteiger partial charge in [-0.05, 0) is 73.6 Å². The van der Waals surface area contributed by atoms with Gasteiger partial charge in [0.15, 0.2) is 21.2 Å². The summed E-state index contributed by atoms with van der Waals surface area (Å²) in [7, 11) is 2.75. The standard InChI is InChI=1S/C36H35Cl2FN2O9/c1-49-26-16-19(17-27(50-2)30(26)44)7-14-25-22-12-13-23-29(32(46)40(31(23)45)15-5-3-4-6-28(42)43)24(22)18-35(37)33(47)41(34(48)36(25,35)38)21-10-8-20(39)9-11-21/h7-12,14,16-17,23-25,29,44H,3-6,13,15,18H2,1-2H3,(H,42,43). The molecule has 6 atom stereocenters. The summed E-state index contributed by atoms with van der Waals surface area (Å²) in [6, 6.07) is 7.84. The van der Waals surface area contributed by atoms with E-state index in [9.17, 15) is 33.5 Å². The number of carboxylic acids is 1. The molecule has 6 rings (SSSR count). The fraction of sp³-hybridized carbons (Fsp3) is 0.417. The highest BCUT2D eigenvalue weighted by Gasteiger charge is 2.76. The van der Waals surface area contributed by atoms with Gasteiger partial charge in [0.05, 0.1) is 31.7 Å². The van der Waals surface area contributed by atoms with Crippen molar-refractivity contribution in [1.82, 2.24) is 4.90 Å². The van der Waals surface area contributed by atoms with Gasteiger partial charge >= 0.3 is 5.97 Å². The molecule has 14 heteroatoms. The molecule has 2 aliphatic carbocycles. The fourth-order valence-corrected chi connectivity index (χ4v) is 8.76. The van der Waals surface area contributed by atoms with Gasteiger partial charge in [0, 0.05) is 18.9 Å². The van der Waals surface area contributed by atoms with Crippen LogP contribution in [-0.2, 0) is 24.0 Å². The number of ether oxygens (including phenoxy) is 2. The number of likely N-dealkylation sites (tertiary alicyclic amines) is 1. The lowest BCUT2D eigenvalue weighted by molar-refractivity contribution is -0.141. The molecule has 0 aromatic heterocycles. The van der Waals surface area contributed by atoms with Gasteiger partial charge in [0.2, 0.25) is 17.6 Å². The number of imide groups is 2. The third-order valence-corrected chi connectivity index (χ3v) is 11.7. The number of alkyl halides is 2. The van der Waals surface area contributed by atoms with E-state index in [0.29, 0.717) is 30.4 Å². The summed E-state index contributed by atoms with van der Waals surface area (Å²) >= 11 is 14.7. The van der Waals surface area contributed by atoms with Crippen molar-refractivity contribution in [2.45, 2.75) is 48.3 Å². The number of carbonyl (C=O) groups excluding carboxylic acids is 4. The van der Waals surface area contributed by atoms with Crippen molar-refractivity contribution in [2.75, 3.05) is 25.7 Å². The molecule has 2 saturated heterocycles. The minimum absolute atomic E-state index is 0.0131. The molecule has 6 unspecified atom stereocenters. The molecule has 0 bridgehead atoms. The molecule has 0 spiro atoms. The monoisotopic (exact) mass is 728 g/mol. The Morgan fingerprint density at radius 3 is 2.26 bits per heavy atom. The molecule has 11 nitrogen and oxygen atoms in total. The lowest BCUT2D eigenvalue weighted by Crippen LogP contribution is -2.60. The van der Waals surface area contributed by atoms with E-state index in [1.54, 1.807) is 18.2 Å². The lowest BCUT2D eigenvalue weighted by Gasteiger charge is -2.49. The normalized spacial score (nSPS) is 28.9. The molecule has 2 N–H and O–H groups in total. The Morgan fingerprint density at radius 1 is 0.980 bits per heavy atom. The van der Waals surface area contributed by atoms with E-state index < -0.39 is 62.9 Å². The fourth-order valence-electron chi connectivity index (χ4n) is 7.87. The molecule has 264 valence electrons. The number of phenols is 1. The number of carboxylic acid groups (broad SMARTS) is 1. The molecule has 2 aliphatic heterocycles. The van der Waals surface area contributed by atoms with Gasteiger partial charge in [-0.25, -0.2) is 9.29 Å². The van der Waals surface area contributed by atoms with Crippen LogP contribution in [-0.4, -0.2) is 75.2 Å². The number of fused-ring (bicyclic) bond motifs is 4. The van der Waals surface area contributed by atoms with E-state index in [0.717, 1.165) is 17.0 Å². The van der Waals surface area contributed by atoms with Gasteiger partial charge in [-0.1, -0.05) is 30.2 Å². The number of benzene rings is 2. The number of halogens is 3. The third kappa shape index (κ3) is 5.53. The number of phenolic OH excluding ortho intramolecular Hbond substituents is 1. The number of unbranched alkanes of at least 4 members (excludes halogenated alkanes) is 2. The highest BCUT2D eigenvalue weighted by Crippen LogP contribution is 2.63. The van der Waals surface area contributed by atoms with Crippen LogP contribution in [0.15, 0.2) is 54.1 Å².